The summed E-state index contributed by atoms with van der Waals surface area (Å²) in [6.45, 7) is 0.486. The third kappa shape index (κ3) is 2.83. The van der Waals surface area contributed by atoms with Gasteiger partial charge >= 0.3 is 5.97 Å². The van der Waals surface area contributed by atoms with Crippen molar-refractivity contribution in [1.82, 2.24) is 19.7 Å². The molecule has 1 amide bonds. The minimum atomic E-state index is -0.950. The highest BCUT2D eigenvalue weighted by molar-refractivity contribution is 5.84. The van der Waals surface area contributed by atoms with Crippen molar-refractivity contribution >= 4 is 11.9 Å². The molecule has 1 aromatic carbocycles. The maximum Gasteiger partial charge on any atom is 0.326 e. The number of rotatable bonds is 4. The summed E-state index contributed by atoms with van der Waals surface area (Å²) in [4.78, 5) is 29.0. The van der Waals surface area contributed by atoms with Gasteiger partial charge < -0.3 is 10.0 Å². The van der Waals surface area contributed by atoms with E-state index in [1.165, 1.54) is 15.9 Å². The van der Waals surface area contributed by atoms with Crippen LogP contribution in [0.3, 0.4) is 0 Å². The number of amides is 1. The molecule has 0 radical (unpaired) electrons. The van der Waals surface area contributed by atoms with Gasteiger partial charge in [-0.2, -0.15) is 5.10 Å². The number of aliphatic carboxylic acids is 1. The van der Waals surface area contributed by atoms with Gasteiger partial charge in [0.15, 0.2) is 5.82 Å². The van der Waals surface area contributed by atoms with Crippen LogP contribution in [0.2, 0.25) is 0 Å². The molecule has 1 N–H and O–H groups in total. The van der Waals surface area contributed by atoms with Crippen LogP contribution in [0.15, 0.2) is 36.7 Å². The van der Waals surface area contributed by atoms with Crippen LogP contribution >= 0.6 is 0 Å². The van der Waals surface area contributed by atoms with Crippen molar-refractivity contribution in [2.75, 3.05) is 6.54 Å². The van der Waals surface area contributed by atoms with Gasteiger partial charge in [-0.1, -0.05) is 30.3 Å². The molecule has 0 spiro atoms. The maximum atomic E-state index is 12.2. The third-order valence-corrected chi connectivity index (χ3v) is 3.72. The van der Waals surface area contributed by atoms with Gasteiger partial charge in [0.2, 0.25) is 5.91 Å². The largest absolute Gasteiger partial charge is 0.480 e. The van der Waals surface area contributed by atoms with Gasteiger partial charge in [0, 0.05) is 12.1 Å². The Morgan fingerprint density at radius 2 is 2.05 bits per heavy atom. The predicted octanol–water partition coefficient (Wildman–Crippen LogP) is 1.02. The Labute approximate surface area is 127 Å². The van der Waals surface area contributed by atoms with E-state index >= 15 is 0 Å². The van der Waals surface area contributed by atoms with Crippen molar-refractivity contribution in [3.8, 4) is 11.4 Å². The Kier molecular flexibility index (Phi) is 3.86. The van der Waals surface area contributed by atoms with Gasteiger partial charge in [-0.15, -0.1) is 0 Å². The molecule has 2 aromatic rings. The smallest absolute Gasteiger partial charge is 0.326 e. The molecule has 1 aliphatic rings. The van der Waals surface area contributed by atoms with E-state index in [9.17, 15) is 9.59 Å². The summed E-state index contributed by atoms with van der Waals surface area (Å²) in [5, 5.41) is 13.4. The first-order valence-electron chi connectivity index (χ1n) is 7.12. The molecule has 22 heavy (non-hydrogen) atoms. The molecule has 1 aliphatic heterocycles. The van der Waals surface area contributed by atoms with Crippen LogP contribution in [-0.2, 0) is 16.1 Å². The van der Waals surface area contributed by atoms with E-state index in [1.54, 1.807) is 0 Å². The number of carboxylic acid groups (broad SMARTS) is 1. The van der Waals surface area contributed by atoms with Gasteiger partial charge in [0.1, 0.15) is 18.9 Å². The number of nitrogens with zero attached hydrogens (tertiary/aromatic N) is 4. The lowest BCUT2D eigenvalue weighted by atomic mass is 10.2. The summed E-state index contributed by atoms with van der Waals surface area (Å²) in [6.07, 6.45) is 2.72. The lowest BCUT2D eigenvalue weighted by molar-refractivity contribution is -0.148. The Hall–Kier alpha value is -2.70. The fraction of sp³-hybridized carbons (Fsp3) is 0.333. The second kappa shape index (κ2) is 5.97. The van der Waals surface area contributed by atoms with Crippen LogP contribution in [-0.4, -0.2) is 49.2 Å². The zero-order valence-corrected chi connectivity index (χ0v) is 11.9. The summed E-state index contributed by atoms with van der Waals surface area (Å²) in [7, 11) is 0. The molecule has 114 valence electrons. The van der Waals surface area contributed by atoms with E-state index in [-0.39, 0.29) is 12.5 Å². The van der Waals surface area contributed by atoms with Crippen molar-refractivity contribution < 1.29 is 14.7 Å². The first-order chi connectivity index (χ1) is 10.6. The third-order valence-electron chi connectivity index (χ3n) is 3.72. The minimum absolute atomic E-state index is 0.00358. The fourth-order valence-electron chi connectivity index (χ4n) is 2.64. The highest BCUT2D eigenvalue weighted by Gasteiger charge is 2.33. The molecule has 3 rings (SSSR count). The molecule has 0 bridgehead atoms. The number of hydrogen-bond donors (Lipinski definition) is 1. The second-order valence-corrected chi connectivity index (χ2v) is 5.22. The van der Waals surface area contributed by atoms with E-state index in [1.807, 2.05) is 30.3 Å². The summed E-state index contributed by atoms with van der Waals surface area (Å²) in [6, 6.07) is 8.75. The van der Waals surface area contributed by atoms with Gasteiger partial charge in [-0.05, 0) is 12.8 Å². The number of carbonyl (C=O) groups excluding carboxylic acids is 1. The molecule has 7 nitrogen and oxygen atoms in total. The van der Waals surface area contributed by atoms with Crippen molar-refractivity contribution in [2.45, 2.75) is 25.4 Å². The van der Waals surface area contributed by atoms with Crippen molar-refractivity contribution in [3.05, 3.63) is 36.7 Å². The van der Waals surface area contributed by atoms with Crippen LogP contribution in [0.1, 0.15) is 12.8 Å². The molecule has 1 saturated heterocycles. The van der Waals surface area contributed by atoms with Crippen molar-refractivity contribution in [2.24, 2.45) is 0 Å². The number of benzene rings is 1. The second-order valence-electron chi connectivity index (χ2n) is 5.22. The SMILES string of the molecule is O=C(O)[C@@H]1CCCN1C(=O)Cn1cnc(-c2ccccc2)n1. The minimum Gasteiger partial charge on any atom is -0.480 e. The maximum absolute atomic E-state index is 12.2. The molecular formula is C15H16N4O3. The summed E-state index contributed by atoms with van der Waals surface area (Å²) < 4.78 is 1.45. The molecule has 0 unspecified atom stereocenters. The Morgan fingerprint density at radius 1 is 1.27 bits per heavy atom. The standard InChI is InChI=1S/C15H16N4O3/c20-13(19-8-4-7-12(19)15(21)22)9-18-10-16-14(17-18)11-5-2-1-3-6-11/h1-3,5-6,10,12H,4,7-9H2,(H,21,22)/t12-/m0/s1. The van der Waals surface area contributed by atoms with E-state index in [2.05, 4.69) is 10.1 Å². The molecular weight excluding hydrogens is 284 g/mol. The monoisotopic (exact) mass is 300 g/mol. The molecule has 2 heterocycles. The molecule has 1 atom stereocenters. The molecule has 1 fully saturated rings. The molecule has 7 heteroatoms. The topological polar surface area (TPSA) is 88.3 Å². The Morgan fingerprint density at radius 3 is 2.77 bits per heavy atom. The number of carbonyl (C=O) groups is 2. The van der Waals surface area contributed by atoms with E-state index < -0.39 is 12.0 Å². The number of carboxylic acids is 1. The highest BCUT2D eigenvalue weighted by Crippen LogP contribution is 2.18. The first-order valence-corrected chi connectivity index (χ1v) is 7.12. The fourth-order valence-corrected chi connectivity index (χ4v) is 2.64. The average Bonchev–Trinajstić information content (AvgIpc) is 3.17. The lowest BCUT2D eigenvalue weighted by Crippen LogP contribution is -2.42. The number of likely N-dealkylation sites (tertiary alicyclic amines) is 1. The van der Waals surface area contributed by atoms with Crippen LogP contribution in [0.4, 0.5) is 0 Å². The molecule has 1 aromatic heterocycles. The molecule has 0 aliphatic carbocycles. The lowest BCUT2D eigenvalue weighted by Gasteiger charge is -2.21. The highest BCUT2D eigenvalue weighted by atomic mass is 16.4. The van der Waals surface area contributed by atoms with Gasteiger partial charge in [-0.25, -0.2) is 14.5 Å². The van der Waals surface area contributed by atoms with E-state index in [0.717, 1.165) is 12.0 Å². The van der Waals surface area contributed by atoms with Gasteiger partial charge in [0.05, 0.1) is 0 Å². The zero-order valence-electron chi connectivity index (χ0n) is 11.9. The number of aromatic nitrogens is 3. The molecule has 0 saturated carbocycles. The first kappa shape index (κ1) is 14.2. The van der Waals surface area contributed by atoms with Crippen molar-refractivity contribution in [3.63, 3.8) is 0 Å². The Bertz CT molecular complexity index is 683. The van der Waals surface area contributed by atoms with E-state index in [0.29, 0.717) is 18.8 Å². The summed E-state index contributed by atoms with van der Waals surface area (Å²) >= 11 is 0. The summed E-state index contributed by atoms with van der Waals surface area (Å²) in [5.74, 6) is -0.645. The van der Waals surface area contributed by atoms with Crippen LogP contribution in [0.25, 0.3) is 11.4 Å². The average molecular weight is 300 g/mol. The van der Waals surface area contributed by atoms with Gasteiger partial charge in [0.25, 0.3) is 0 Å². The van der Waals surface area contributed by atoms with Gasteiger partial charge in [-0.3, -0.25) is 4.79 Å². The summed E-state index contributed by atoms with van der Waals surface area (Å²) in [5.41, 5.74) is 0.873. The number of hydrogen-bond acceptors (Lipinski definition) is 4. The van der Waals surface area contributed by atoms with Crippen LogP contribution in [0.5, 0.6) is 0 Å². The normalized spacial score (nSPS) is 17.6. The Balaban J connectivity index is 1.70. The zero-order chi connectivity index (χ0) is 15.5. The predicted molar refractivity (Wildman–Crippen MR) is 77.8 cm³/mol. The quantitative estimate of drug-likeness (QED) is 0.910. The van der Waals surface area contributed by atoms with Crippen LogP contribution < -0.4 is 0 Å². The van der Waals surface area contributed by atoms with Crippen LogP contribution in [0, 0.1) is 0 Å². The van der Waals surface area contributed by atoms with E-state index in [4.69, 9.17) is 5.11 Å². The van der Waals surface area contributed by atoms with Crippen molar-refractivity contribution in [1.29, 1.82) is 0 Å².